The average molecular weight is 426 g/mol. The fourth-order valence-electron chi connectivity index (χ4n) is 2.92. The van der Waals surface area contributed by atoms with Crippen LogP contribution in [0.25, 0.3) is 11.4 Å². The van der Waals surface area contributed by atoms with E-state index < -0.39 is 11.7 Å². The summed E-state index contributed by atoms with van der Waals surface area (Å²) in [5.41, 5.74) is 2.80. The Morgan fingerprint density at radius 3 is 2.42 bits per heavy atom. The standard InChI is InChI=1S/C19H19F3N3.BrH/c1-13-8-9-15(14(2)10-13)11-25-12-24(3)18(23-25)16-6-4-5-7-17(16)19(20,21)22;/h4-10,12H,11H2,1-3H3;1H/q+1;/p-1. The molecular weight excluding hydrogens is 407 g/mol. The fourth-order valence-corrected chi connectivity index (χ4v) is 2.92. The van der Waals surface area contributed by atoms with E-state index >= 15 is 0 Å². The van der Waals surface area contributed by atoms with Gasteiger partial charge in [0.15, 0.2) is 0 Å². The largest absolute Gasteiger partial charge is 1.00 e. The van der Waals surface area contributed by atoms with E-state index in [9.17, 15) is 13.2 Å². The molecule has 1 heterocycles. The monoisotopic (exact) mass is 425 g/mol. The molecule has 0 saturated heterocycles. The van der Waals surface area contributed by atoms with Crippen molar-refractivity contribution < 1.29 is 34.7 Å². The molecule has 26 heavy (non-hydrogen) atoms. The number of alkyl halides is 3. The van der Waals surface area contributed by atoms with Crippen molar-refractivity contribution in [2.24, 2.45) is 7.05 Å². The van der Waals surface area contributed by atoms with Crippen LogP contribution in [0.2, 0.25) is 0 Å². The van der Waals surface area contributed by atoms with Gasteiger partial charge in [-0.2, -0.15) is 13.2 Å². The van der Waals surface area contributed by atoms with Crippen molar-refractivity contribution >= 4 is 0 Å². The van der Waals surface area contributed by atoms with E-state index in [1.165, 1.54) is 17.7 Å². The predicted octanol–water partition coefficient (Wildman–Crippen LogP) is 1.06. The van der Waals surface area contributed by atoms with Gasteiger partial charge in [0, 0.05) is 5.10 Å². The van der Waals surface area contributed by atoms with Gasteiger partial charge in [0.05, 0.1) is 18.2 Å². The van der Waals surface area contributed by atoms with E-state index in [1.54, 1.807) is 28.7 Å². The molecular formula is C19H19BrF3N3. The Balaban J connectivity index is 0.00000243. The summed E-state index contributed by atoms with van der Waals surface area (Å²) < 4.78 is 43.1. The van der Waals surface area contributed by atoms with Gasteiger partial charge in [-0.05, 0) is 37.1 Å². The molecule has 0 aliphatic rings. The predicted molar refractivity (Wildman–Crippen MR) is 88.9 cm³/mol. The Bertz CT molecular complexity index is 917. The normalized spacial score (nSPS) is 11.3. The molecule has 0 N–H and O–H groups in total. The average Bonchev–Trinajstić information content (AvgIpc) is 2.90. The van der Waals surface area contributed by atoms with Gasteiger partial charge in [-0.25, -0.2) is 4.57 Å². The molecule has 0 aliphatic carbocycles. The van der Waals surface area contributed by atoms with Crippen LogP contribution in [0.5, 0.6) is 0 Å². The quantitative estimate of drug-likeness (QED) is 0.575. The molecule has 0 fully saturated rings. The number of hydrogen-bond acceptors (Lipinski definition) is 1. The molecule has 3 aromatic rings. The molecule has 0 atom stereocenters. The number of benzene rings is 2. The Hall–Kier alpha value is -2.15. The molecule has 0 aliphatic heterocycles. The Labute approximate surface area is 160 Å². The third-order valence-electron chi connectivity index (χ3n) is 4.17. The summed E-state index contributed by atoms with van der Waals surface area (Å²) in [5.74, 6) is 0.290. The van der Waals surface area contributed by atoms with Crippen LogP contribution in [-0.4, -0.2) is 9.78 Å². The summed E-state index contributed by atoms with van der Waals surface area (Å²) in [6.45, 7) is 4.55. The van der Waals surface area contributed by atoms with Gasteiger partial charge in [-0.15, -0.1) is 4.68 Å². The lowest BCUT2D eigenvalue weighted by molar-refractivity contribution is -0.661. The summed E-state index contributed by atoms with van der Waals surface area (Å²) in [5, 5.41) is 4.39. The smallest absolute Gasteiger partial charge is 0.417 e. The molecule has 0 radical (unpaired) electrons. The van der Waals surface area contributed by atoms with E-state index in [1.807, 2.05) is 26.0 Å². The zero-order valence-electron chi connectivity index (χ0n) is 14.7. The maximum absolute atomic E-state index is 13.3. The minimum Gasteiger partial charge on any atom is -1.00 e. The number of rotatable bonds is 3. The van der Waals surface area contributed by atoms with Gasteiger partial charge < -0.3 is 17.0 Å². The molecule has 0 spiro atoms. The van der Waals surface area contributed by atoms with Crippen molar-refractivity contribution in [2.45, 2.75) is 26.6 Å². The molecule has 3 nitrogen and oxygen atoms in total. The summed E-state index contributed by atoms with van der Waals surface area (Å²) in [7, 11) is 1.70. The molecule has 0 unspecified atom stereocenters. The first-order valence-corrected chi connectivity index (χ1v) is 7.91. The molecule has 2 aromatic carbocycles. The number of halogens is 4. The highest BCUT2D eigenvalue weighted by molar-refractivity contribution is 5.58. The maximum Gasteiger partial charge on any atom is 0.417 e. The van der Waals surface area contributed by atoms with Crippen molar-refractivity contribution in [3.8, 4) is 11.4 Å². The Kier molecular flexibility index (Phi) is 5.91. The van der Waals surface area contributed by atoms with Crippen LogP contribution in [0.3, 0.4) is 0 Å². The number of nitrogens with zero attached hydrogens (tertiary/aromatic N) is 3. The SMILES string of the molecule is Cc1ccc(Cn2c[n+](C)c(-c3ccccc3C(F)(F)F)n2)c(C)c1.[Br-]. The molecule has 1 aromatic heterocycles. The van der Waals surface area contributed by atoms with Gasteiger partial charge in [0.1, 0.15) is 6.54 Å². The van der Waals surface area contributed by atoms with Crippen LogP contribution < -0.4 is 21.5 Å². The van der Waals surface area contributed by atoms with E-state index in [4.69, 9.17) is 0 Å². The van der Waals surface area contributed by atoms with Crippen LogP contribution >= 0.6 is 0 Å². The number of aryl methyl sites for hydroxylation is 3. The molecule has 0 amide bonds. The first-order valence-electron chi connectivity index (χ1n) is 7.91. The second-order valence-electron chi connectivity index (χ2n) is 6.22. The summed E-state index contributed by atoms with van der Waals surface area (Å²) in [6.07, 6.45) is -2.71. The fraction of sp³-hybridized carbons (Fsp3) is 0.263. The van der Waals surface area contributed by atoms with Gasteiger partial charge in [-0.1, -0.05) is 35.9 Å². The van der Waals surface area contributed by atoms with E-state index in [0.717, 1.165) is 17.2 Å². The first kappa shape index (κ1) is 20.2. The molecule has 7 heteroatoms. The zero-order chi connectivity index (χ0) is 18.2. The third-order valence-corrected chi connectivity index (χ3v) is 4.17. The number of aromatic nitrogens is 3. The second-order valence-corrected chi connectivity index (χ2v) is 6.22. The topological polar surface area (TPSA) is 21.7 Å². The van der Waals surface area contributed by atoms with Crippen LogP contribution in [0.4, 0.5) is 13.2 Å². The number of hydrogen-bond donors (Lipinski definition) is 0. The summed E-state index contributed by atoms with van der Waals surface area (Å²) in [6, 6.07) is 11.6. The lowest BCUT2D eigenvalue weighted by atomic mass is 10.1. The van der Waals surface area contributed by atoms with Crippen LogP contribution in [0.1, 0.15) is 22.3 Å². The molecule has 0 saturated carbocycles. The van der Waals surface area contributed by atoms with Crippen molar-refractivity contribution in [3.63, 3.8) is 0 Å². The third kappa shape index (κ3) is 4.15. The lowest BCUT2D eigenvalue weighted by Crippen LogP contribution is -3.00. The van der Waals surface area contributed by atoms with Gasteiger partial charge in [0.2, 0.25) is 6.33 Å². The summed E-state index contributed by atoms with van der Waals surface area (Å²) >= 11 is 0. The van der Waals surface area contributed by atoms with Crippen molar-refractivity contribution in [3.05, 3.63) is 71.0 Å². The molecule has 3 rings (SSSR count). The minimum absolute atomic E-state index is 0. The van der Waals surface area contributed by atoms with Crippen molar-refractivity contribution in [2.75, 3.05) is 0 Å². The molecule has 138 valence electrons. The van der Waals surface area contributed by atoms with Crippen molar-refractivity contribution in [1.29, 1.82) is 0 Å². The highest BCUT2D eigenvalue weighted by Crippen LogP contribution is 2.35. The Morgan fingerprint density at radius 1 is 1.08 bits per heavy atom. The van der Waals surface area contributed by atoms with Crippen molar-refractivity contribution in [1.82, 2.24) is 9.78 Å². The Morgan fingerprint density at radius 2 is 1.77 bits per heavy atom. The highest BCUT2D eigenvalue weighted by Gasteiger charge is 2.36. The van der Waals surface area contributed by atoms with Gasteiger partial charge in [-0.3, -0.25) is 0 Å². The van der Waals surface area contributed by atoms with Crippen LogP contribution in [0.15, 0.2) is 48.8 Å². The first-order chi connectivity index (χ1) is 11.8. The van der Waals surface area contributed by atoms with E-state index in [0.29, 0.717) is 6.54 Å². The lowest BCUT2D eigenvalue weighted by Gasteiger charge is -2.09. The van der Waals surface area contributed by atoms with Gasteiger partial charge >= 0.3 is 12.0 Å². The van der Waals surface area contributed by atoms with E-state index in [-0.39, 0.29) is 28.4 Å². The van der Waals surface area contributed by atoms with Gasteiger partial charge in [0.25, 0.3) is 0 Å². The second kappa shape index (κ2) is 7.61. The van der Waals surface area contributed by atoms with E-state index in [2.05, 4.69) is 11.2 Å². The summed E-state index contributed by atoms with van der Waals surface area (Å²) in [4.78, 5) is 0. The van der Waals surface area contributed by atoms with Crippen LogP contribution in [-0.2, 0) is 19.8 Å². The highest BCUT2D eigenvalue weighted by atomic mass is 79.9. The maximum atomic E-state index is 13.3. The molecule has 0 bridgehead atoms. The minimum atomic E-state index is -4.42. The zero-order valence-corrected chi connectivity index (χ0v) is 16.3. The van der Waals surface area contributed by atoms with Crippen LogP contribution in [0, 0.1) is 13.8 Å².